The van der Waals surface area contributed by atoms with Crippen molar-refractivity contribution in [3.05, 3.63) is 0 Å². The van der Waals surface area contributed by atoms with Crippen LogP contribution in [-0.4, -0.2) is 187 Å². The summed E-state index contributed by atoms with van der Waals surface area (Å²) >= 11 is 0. The van der Waals surface area contributed by atoms with Crippen LogP contribution in [0.25, 0.3) is 0 Å². The summed E-state index contributed by atoms with van der Waals surface area (Å²) in [7, 11) is 0. The fraction of sp³-hybridized carbons (Fsp3) is 1.00. The number of aliphatic hydroxyl groups is 3. The Hall–Kier alpha value is 4.79. The summed E-state index contributed by atoms with van der Waals surface area (Å²) in [5.74, 6) is 0. The molecule has 3 aliphatic carbocycles. The summed E-state index contributed by atoms with van der Waals surface area (Å²) in [6, 6.07) is 0. The van der Waals surface area contributed by atoms with E-state index in [4.69, 9.17) is 10.2 Å². The van der Waals surface area contributed by atoms with Gasteiger partial charge in [-0.15, -0.1) is 0 Å². The second-order valence-electron chi connectivity index (χ2n) is 6.64. The van der Waals surface area contributed by atoms with E-state index in [-0.39, 0.29) is 171 Å². The van der Waals surface area contributed by atoms with Gasteiger partial charge < -0.3 is 15.3 Å². The van der Waals surface area contributed by atoms with Crippen LogP contribution in [0.5, 0.6) is 0 Å². The molecule has 0 atom stereocenters. The SMILES string of the molecule is CC1(O)CCC1.CC1(O)CCCC1.OC1CCC1.[KH].[KH].[KH]. The Balaban J connectivity index is -0.000000218. The summed E-state index contributed by atoms with van der Waals surface area (Å²) < 4.78 is 0. The molecule has 3 nitrogen and oxygen atoms in total. The molecule has 0 aliphatic heterocycles. The molecule has 0 aromatic rings. The van der Waals surface area contributed by atoms with Crippen LogP contribution < -0.4 is 0 Å². The van der Waals surface area contributed by atoms with Crippen LogP contribution in [0, 0.1) is 0 Å². The van der Waals surface area contributed by atoms with Crippen LogP contribution in [-0.2, 0) is 0 Å². The summed E-state index contributed by atoms with van der Waals surface area (Å²) in [4.78, 5) is 0. The first-order valence-electron chi connectivity index (χ1n) is 7.44. The Bertz CT molecular complexity index is 230. The second-order valence-corrected chi connectivity index (χ2v) is 6.64. The third-order valence-corrected chi connectivity index (χ3v) is 4.19. The average molecular weight is 379 g/mol. The van der Waals surface area contributed by atoms with Gasteiger partial charge in [-0.2, -0.15) is 0 Å². The van der Waals surface area contributed by atoms with E-state index >= 15 is 0 Å². The van der Waals surface area contributed by atoms with Crippen molar-refractivity contribution >= 4 is 154 Å². The second kappa shape index (κ2) is 15.8. The van der Waals surface area contributed by atoms with Gasteiger partial charge >= 0.3 is 154 Å². The minimum atomic E-state index is -0.306. The van der Waals surface area contributed by atoms with Crippen LogP contribution in [0.15, 0.2) is 0 Å². The normalized spacial score (nSPS) is 23.9. The van der Waals surface area contributed by atoms with Crippen LogP contribution in [0.4, 0.5) is 0 Å². The Labute approximate surface area is 258 Å². The first-order chi connectivity index (χ1) is 8.31. The van der Waals surface area contributed by atoms with Crippen molar-refractivity contribution in [2.75, 3.05) is 0 Å². The van der Waals surface area contributed by atoms with Gasteiger partial charge in [-0.3, -0.25) is 0 Å². The van der Waals surface area contributed by atoms with Gasteiger partial charge in [-0.05, 0) is 65.2 Å². The van der Waals surface area contributed by atoms with E-state index < -0.39 is 0 Å². The fourth-order valence-electron chi connectivity index (χ4n) is 2.21. The van der Waals surface area contributed by atoms with Gasteiger partial charge in [-0.1, -0.05) is 12.8 Å². The Morgan fingerprint density at radius 1 is 0.667 bits per heavy atom. The molecule has 21 heavy (non-hydrogen) atoms. The molecule has 0 heterocycles. The third kappa shape index (κ3) is 16.7. The van der Waals surface area contributed by atoms with E-state index in [1.807, 2.05) is 13.8 Å². The predicted octanol–water partition coefficient (Wildman–Crippen LogP) is 0.818. The quantitative estimate of drug-likeness (QED) is 0.547. The zero-order valence-corrected chi connectivity index (χ0v) is 12.0. The molecule has 0 bridgehead atoms. The predicted molar refractivity (Wildman–Crippen MR) is 94.9 cm³/mol. The van der Waals surface area contributed by atoms with E-state index in [2.05, 4.69) is 0 Å². The van der Waals surface area contributed by atoms with Crippen molar-refractivity contribution < 1.29 is 15.3 Å². The molecular formula is C15H33K3O3. The summed E-state index contributed by atoms with van der Waals surface area (Å²) in [6.07, 6.45) is 11.1. The zero-order chi connectivity index (χ0) is 13.6. The molecule has 0 aromatic heterocycles. The van der Waals surface area contributed by atoms with E-state index in [0.29, 0.717) is 0 Å². The molecule has 0 radical (unpaired) electrons. The van der Waals surface area contributed by atoms with Gasteiger partial charge in [0.1, 0.15) is 0 Å². The number of rotatable bonds is 0. The molecule has 0 amide bonds. The van der Waals surface area contributed by atoms with Crippen LogP contribution in [0.1, 0.15) is 78.1 Å². The molecular weight excluding hydrogens is 345 g/mol. The van der Waals surface area contributed by atoms with E-state index in [9.17, 15) is 5.11 Å². The van der Waals surface area contributed by atoms with Crippen molar-refractivity contribution in [1.82, 2.24) is 0 Å². The van der Waals surface area contributed by atoms with Gasteiger partial charge in [0.05, 0.1) is 17.3 Å². The fourth-order valence-corrected chi connectivity index (χ4v) is 2.21. The maximum atomic E-state index is 9.19. The van der Waals surface area contributed by atoms with E-state index in [1.54, 1.807) is 0 Å². The standard InChI is InChI=1S/C6H12O.C5H10O.C4H8O.3K.3H/c1-6(7)4-2-3-5-6;1-5(6)3-2-4-5;5-4-2-1-3-4;;;;;;/h7H,2-5H2,1H3;6H,2-4H2,1H3;4-5H,1-3H2;;;;;;. The van der Waals surface area contributed by atoms with Crippen molar-refractivity contribution in [2.45, 2.75) is 95.4 Å². The zero-order valence-electron chi connectivity index (χ0n) is 12.0. The Morgan fingerprint density at radius 3 is 1.00 bits per heavy atom. The topological polar surface area (TPSA) is 60.7 Å². The third-order valence-electron chi connectivity index (χ3n) is 4.19. The number of hydrogen-bond donors (Lipinski definition) is 3. The number of aliphatic hydroxyl groups excluding tert-OH is 1. The van der Waals surface area contributed by atoms with Crippen LogP contribution in [0.2, 0.25) is 0 Å². The molecule has 3 N–H and O–H groups in total. The van der Waals surface area contributed by atoms with Crippen molar-refractivity contribution in [3.63, 3.8) is 0 Å². The first kappa shape index (κ1) is 30.5. The Kier molecular flexibility index (Phi) is 23.0. The molecule has 6 heteroatoms. The van der Waals surface area contributed by atoms with Crippen molar-refractivity contribution in [2.24, 2.45) is 0 Å². The molecule has 3 rings (SSSR count). The maximum absolute atomic E-state index is 9.19. The van der Waals surface area contributed by atoms with Crippen LogP contribution >= 0.6 is 0 Å². The van der Waals surface area contributed by atoms with Gasteiger partial charge in [0.25, 0.3) is 0 Å². The molecule has 0 aromatic carbocycles. The first-order valence-corrected chi connectivity index (χ1v) is 7.44. The molecule has 3 fully saturated rings. The molecule has 0 unspecified atom stereocenters. The minimum absolute atomic E-state index is 0. The molecule has 114 valence electrons. The molecule has 0 saturated heterocycles. The summed E-state index contributed by atoms with van der Waals surface area (Å²) in [6.45, 7) is 3.80. The summed E-state index contributed by atoms with van der Waals surface area (Å²) in [5, 5.41) is 26.6. The van der Waals surface area contributed by atoms with Crippen LogP contribution in [0.3, 0.4) is 0 Å². The Morgan fingerprint density at radius 2 is 0.952 bits per heavy atom. The van der Waals surface area contributed by atoms with Gasteiger partial charge in [-0.25, -0.2) is 0 Å². The van der Waals surface area contributed by atoms with Gasteiger partial charge in [0, 0.05) is 0 Å². The monoisotopic (exact) mass is 378 g/mol. The van der Waals surface area contributed by atoms with Gasteiger partial charge in [0.2, 0.25) is 0 Å². The van der Waals surface area contributed by atoms with E-state index in [1.165, 1.54) is 25.7 Å². The molecule has 3 aliphatic rings. The molecule has 0 spiro atoms. The average Bonchev–Trinajstić information content (AvgIpc) is 2.60. The molecule has 3 saturated carbocycles. The van der Waals surface area contributed by atoms with Crippen molar-refractivity contribution in [1.29, 1.82) is 0 Å². The van der Waals surface area contributed by atoms with E-state index in [0.717, 1.165) is 38.5 Å². The summed E-state index contributed by atoms with van der Waals surface area (Å²) in [5.41, 5.74) is -0.583. The number of hydrogen-bond acceptors (Lipinski definition) is 3. The van der Waals surface area contributed by atoms with Crippen molar-refractivity contribution in [3.8, 4) is 0 Å². The van der Waals surface area contributed by atoms with Gasteiger partial charge in [0.15, 0.2) is 0 Å².